The molecular formula is C16H22BrNO2. The van der Waals surface area contributed by atoms with Crippen LogP contribution in [0, 0.1) is 11.8 Å². The number of nitrogens with two attached hydrogens (primary N) is 1. The molecule has 1 heterocycles. The van der Waals surface area contributed by atoms with Crippen LogP contribution in [0.15, 0.2) is 16.6 Å². The third-order valence-electron chi connectivity index (χ3n) is 4.62. The Balaban J connectivity index is 1.91. The molecule has 0 spiro atoms. The van der Waals surface area contributed by atoms with Crippen LogP contribution >= 0.6 is 15.9 Å². The number of hydrogen-bond donors (Lipinski definition) is 1. The third kappa shape index (κ3) is 2.68. The fraction of sp³-hybridized carbons (Fsp3) is 0.625. The van der Waals surface area contributed by atoms with Crippen LogP contribution in [0.25, 0.3) is 0 Å². The maximum atomic E-state index is 6.54. The first-order valence-electron chi connectivity index (χ1n) is 7.51. The fourth-order valence-corrected chi connectivity index (χ4v) is 3.98. The summed E-state index contributed by atoms with van der Waals surface area (Å²) in [6.45, 7) is 3.74. The van der Waals surface area contributed by atoms with Gasteiger partial charge in [-0.3, -0.25) is 0 Å². The van der Waals surface area contributed by atoms with Gasteiger partial charge in [-0.2, -0.15) is 0 Å². The van der Waals surface area contributed by atoms with Crippen LogP contribution in [0.3, 0.4) is 0 Å². The van der Waals surface area contributed by atoms with Crippen molar-refractivity contribution in [1.29, 1.82) is 0 Å². The highest BCUT2D eigenvalue weighted by atomic mass is 79.9. The van der Waals surface area contributed by atoms with Gasteiger partial charge in [0.15, 0.2) is 11.5 Å². The van der Waals surface area contributed by atoms with Gasteiger partial charge in [-0.1, -0.05) is 35.7 Å². The van der Waals surface area contributed by atoms with Crippen molar-refractivity contribution in [3.05, 3.63) is 22.2 Å². The van der Waals surface area contributed by atoms with E-state index in [1.807, 2.05) is 6.07 Å². The molecule has 2 N–H and O–H groups in total. The molecule has 3 unspecified atom stereocenters. The maximum Gasteiger partial charge on any atom is 0.162 e. The molecule has 3 rings (SSSR count). The molecule has 0 aromatic heterocycles. The number of fused-ring (bicyclic) bond motifs is 1. The molecule has 1 aliphatic carbocycles. The van der Waals surface area contributed by atoms with Gasteiger partial charge in [0.2, 0.25) is 0 Å². The molecule has 1 aliphatic heterocycles. The summed E-state index contributed by atoms with van der Waals surface area (Å²) in [5.74, 6) is 2.93. The Hall–Kier alpha value is -0.740. The van der Waals surface area contributed by atoms with E-state index in [9.17, 15) is 0 Å². The molecule has 4 heteroatoms. The van der Waals surface area contributed by atoms with Gasteiger partial charge in [0.05, 0.1) is 13.2 Å². The van der Waals surface area contributed by atoms with Crippen LogP contribution in [-0.2, 0) is 0 Å². The summed E-state index contributed by atoms with van der Waals surface area (Å²) in [4.78, 5) is 0. The predicted molar refractivity (Wildman–Crippen MR) is 83.2 cm³/mol. The molecule has 1 fully saturated rings. The average molecular weight is 340 g/mol. The molecule has 1 aromatic rings. The van der Waals surface area contributed by atoms with Gasteiger partial charge in [-0.15, -0.1) is 0 Å². The van der Waals surface area contributed by atoms with Crippen LogP contribution in [0.5, 0.6) is 11.5 Å². The van der Waals surface area contributed by atoms with Gasteiger partial charge < -0.3 is 15.2 Å². The second-order valence-electron chi connectivity index (χ2n) is 5.97. The van der Waals surface area contributed by atoms with Gasteiger partial charge in [0.1, 0.15) is 0 Å². The molecule has 0 saturated heterocycles. The zero-order valence-corrected chi connectivity index (χ0v) is 13.5. The van der Waals surface area contributed by atoms with Gasteiger partial charge in [-0.25, -0.2) is 0 Å². The van der Waals surface area contributed by atoms with E-state index in [0.29, 0.717) is 25.0 Å². The summed E-state index contributed by atoms with van der Waals surface area (Å²) in [6, 6.07) is 4.15. The number of benzene rings is 1. The van der Waals surface area contributed by atoms with Gasteiger partial charge >= 0.3 is 0 Å². The second-order valence-corrected chi connectivity index (χ2v) is 6.82. The first kappa shape index (κ1) is 14.2. The highest BCUT2D eigenvalue weighted by molar-refractivity contribution is 9.10. The minimum Gasteiger partial charge on any atom is -0.490 e. The Bertz CT molecular complexity index is 492. The summed E-state index contributed by atoms with van der Waals surface area (Å²) in [5.41, 5.74) is 7.68. The highest BCUT2D eigenvalue weighted by Crippen LogP contribution is 2.43. The zero-order valence-electron chi connectivity index (χ0n) is 11.9. The van der Waals surface area contributed by atoms with Crippen LogP contribution in [0.4, 0.5) is 0 Å². The van der Waals surface area contributed by atoms with E-state index in [-0.39, 0.29) is 6.04 Å². The molecule has 1 saturated carbocycles. The summed E-state index contributed by atoms with van der Waals surface area (Å²) in [5, 5.41) is 0. The van der Waals surface area contributed by atoms with Crippen LogP contribution < -0.4 is 15.2 Å². The molecule has 3 nitrogen and oxygen atoms in total. The fourth-order valence-electron chi connectivity index (χ4n) is 3.39. The molecule has 0 bridgehead atoms. The second kappa shape index (κ2) is 5.94. The molecule has 0 radical (unpaired) electrons. The van der Waals surface area contributed by atoms with Crippen LogP contribution in [0.2, 0.25) is 0 Å². The molecular weight excluding hydrogens is 318 g/mol. The van der Waals surface area contributed by atoms with Crippen molar-refractivity contribution in [2.45, 2.75) is 38.6 Å². The lowest BCUT2D eigenvalue weighted by molar-refractivity contribution is 0.296. The van der Waals surface area contributed by atoms with Gasteiger partial charge in [-0.05, 0) is 36.0 Å². The molecule has 20 heavy (non-hydrogen) atoms. The first-order valence-corrected chi connectivity index (χ1v) is 8.30. The first-order chi connectivity index (χ1) is 9.66. The minimum absolute atomic E-state index is 0.0685. The quantitative estimate of drug-likeness (QED) is 0.883. The van der Waals surface area contributed by atoms with Crippen molar-refractivity contribution >= 4 is 15.9 Å². The summed E-state index contributed by atoms with van der Waals surface area (Å²) in [6.07, 6.45) is 4.73. The van der Waals surface area contributed by atoms with E-state index in [4.69, 9.17) is 15.2 Å². The largest absolute Gasteiger partial charge is 0.490 e. The lowest BCUT2D eigenvalue weighted by Crippen LogP contribution is -2.23. The summed E-state index contributed by atoms with van der Waals surface area (Å²) >= 11 is 3.65. The number of halogens is 1. The smallest absolute Gasteiger partial charge is 0.162 e. The molecule has 0 amide bonds. The van der Waals surface area contributed by atoms with Gasteiger partial charge in [0.25, 0.3) is 0 Å². The predicted octanol–water partition coefficient (Wildman–Crippen LogP) is 4.05. The maximum absolute atomic E-state index is 6.54. The van der Waals surface area contributed by atoms with E-state index in [0.717, 1.165) is 28.0 Å². The van der Waals surface area contributed by atoms with Crippen molar-refractivity contribution in [1.82, 2.24) is 0 Å². The lowest BCUT2D eigenvalue weighted by Gasteiger charge is -2.25. The standard InChI is InChI=1S/C16H22BrNO2/c1-10-4-2-5-11(10)16(18)12-8-14-15(9-13(12)17)20-7-3-6-19-14/h8-11,16H,2-7,18H2,1H3. The SMILES string of the molecule is CC1CCCC1C(N)c1cc2c(cc1Br)OCCCO2. The van der Waals surface area contributed by atoms with Crippen molar-refractivity contribution in [2.75, 3.05) is 13.2 Å². The highest BCUT2D eigenvalue weighted by Gasteiger charge is 2.31. The number of rotatable bonds is 2. The Morgan fingerprint density at radius 3 is 2.50 bits per heavy atom. The third-order valence-corrected chi connectivity index (χ3v) is 5.30. The monoisotopic (exact) mass is 339 g/mol. The topological polar surface area (TPSA) is 44.5 Å². The van der Waals surface area contributed by atoms with E-state index in [1.54, 1.807) is 0 Å². The minimum atomic E-state index is 0.0685. The van der Waals surface area contributed by atoms with E-state index >= 15 is 0 Å². The molecule has 1 aromatic carbocycles. The van der Waals surface area contributed by atoms with Crippen molar-refractivity contribution < 1.29 is 9.47 Å². The van der Waals surface area contributed by atoms with Crippen molar-refractivity contribution in [3.8, 4) is 11.5 Å². The normalized spacial score (nSPS) is 27.1. The van der Waals surface area contributed by atoms with E-state index in [1.165, 1.54) is 19.3 Å². The zero-order chi connectivity index (χ0) is 14.1. The average Bonchev–Trinajstić information content (AvgIpc) is 2.72. The summed E-state index contributed by atoms with van der Waals surface area (Å²) < 4.78 is 12.5. The van der Waals surface area contributed by atoms with Crippen LogP contribution in [0.1, 0.15) is 44.2 Å². The Labute approximate surface area is 129 Å². The number of ether oxygens (including phenoxy) is 2. The van der Waals surface area contributed by atoms with Crippen molar-refractivity contribution in [2.24, 2.45) is 17.6 Å². The Morgan fingerprint density at radius 1 is 1.15 bits per heavy atom. The lowest BCUT2D eigenvalue weighted by atomic mass is 9.86. The Kier molecular flexibility index (Phi) is 4.22. The van der Waals surface area contributed by atoms with E-state index < -0.39 is 0 Å². The van der Waals surface area contributed by atoms with Gasteiger partial charge in [0, 0.05) is 16.9 Å². The molecule has 3 atom stereocenters. The molecule has 110 valence electrons. The molecule has 2 aliphatic rings. The Morgan fingerprint density at radius 2 is 1.85 bits per heavy atom. The summed E-state index contributed by atoms with van der Waals surface area (Å²) in [7, 11) is 0. The number of hydrogen-bond acceptors (Lipinski definition) is 3. The van der Waals surface area contributed by atoms with Crippen molar-refractivity contribution in [3.63, 3.8) is 0 Å². The van der Waals surface area contributed by atoms with E-state index in [2.05, 4.69) is 28.9 Å². The van der Waals surface area contributed by atoms with Crippen LogP contribution in [-0.4, -0.2) is 13.2 Å².